The third-order valence-corrected chi connectivity index (χ3v) is 7.41. The summed E-state index contributed by atoms with van der Waals surface area (Å²) in [6.45, 7) is 10.4. The SMILES string of the molecule is CCCc1cc(C)[nH]c(=O)c1CNC(=O)c1cc(-c2cnc3c(c2)CCC(=O)N3)cc2c1c(C)cn2C(C)C. The fourth-order valence-electron chi connectivity index (χ4n) is 5.51. The molecule has 5 rings (SSSR count). The van der Waals surface area contributed by atoms with Crippen molar-refractivity contribution >= 4 is 28.5 Å². The Kier molecular flexibility index (Phi) is 7.12. The molecule has 2 amide bonds. The average molecular weight is 526 g/mol. The smallest absolute Gasteiger partial charge is 0.253 e. The third kappa shape index (κ3) is 5.11. The lowest BCUT2D eigenvalue weighted by Crippen LogP contribution is -2.28. The molecule has 3 N–H and O–H groups in total. The largest absolute Gasteiger partial charge is 0.348 e. The fraction of sp³-hybridized carbons (Fsp3) is 0.355. The van der Waals surface area contributed by atoms with Gasteiger partial charge in [0.05, 0.1) is 0 Å². The van der Waals surface area contributed by atoms with Crippen LogP contribution in [0.4, 0.5) is 5.82 Å². The molecule has 1 aliphatic rings. The second-order valence-electron chi connectivity index (χ2n) is 10.7. The van der Waals surface area contributed by atoms with Crippen LogP contribution < -0.4 is 16.2 Å². The van der Waals surface area contributed by atoms with E-state index in [2.05, 4.69) is 58.2 Å². The highest BCUT2D eigenvalue weighted by Gasteiger charge is 2.21. The van der Waals surface area contributed by atoms with Gasteiger partial charge in [-0.15, -0.1) is 0 Å². The number of nitrogens with zero attached hydrogens (tertiary/aromatic N) is 2. The van der Waals surface area contributed by atoms with Gasteiger partial charge < -0.3 is 20.2 Å². The molecule has 0 fully saturated rings. The number of anilines is 1. The summed E-state index contributed by atoms with van der Waals surface area (Å²) in [5, 5.41) is 6.76. The maximum atomic E-state index is 13.8. The Morgan fingerprint density at radius 2 is 1.90 bits per heavy atom. The number of hydrogen-bond acceptors (Lipinski definition) is 4. The van der Waals surface area contributed by atoms with Gasteiger partial charge in [0, 0.05) is 64.7 Å². The average Bonchev–Trinajstić information content (AvgIpc) is 3.24. The molecule has 4 aromatic rings. The van der Waals surface area contributed by atoms with Crippen LogP contribution in [0.1, 0.15) is 78.0 Å². The number of amides is 2. The lowest BCUT2D eigenvalue weighted by molar-refractivity contribution is -0.116. The summed E-state index contributed by atoms with van der Waals surface area (Å²) < 4.78 is 2.18. The van der Waals surface area contributed by atoms with E-state index in [0.717, 1.165) is 57.3 Å². The minimum absolute atomic E-state index is 0.0251. The van der Waals surface area contributed by atoms with Crippen LogP contribution in [-0.4, -0.2) is 26.3 Å². The second kappa shape index (κ2) is 10.5. The summed E-state index contributed by atoms with van der Waals surface area (Å²) in [5.74, 6) is 0.344. The van der Waals surface area contributed by atoms with Gasteiger partial charge in [-0.2, -0.15) is 0 Å². The minimum atomic E-state index is -0.230. The number of benzene rings is 1. The van der Waals surface area contributed by atoms with E-state index in [1.807, 2.05) is 32.0 Å². The number of pyridine rings is 2. The maximum absolute atomic E-state index is 13.8. The number of hydrogen-bond donors (Lipinski definition) is 3. The minimum Gasteiger partial charge on any atom is -0.348 e. The van der Waals surface area contributed by atoms with Crippen molar-refractivity contribution in [2.75, 3.05) is 5.32 Å². The highest BCUT2D eigenvalue weighted by Crippen LogP contribution is 2.34. The van der Waals surface area contributed by atoms with Crippen LogP contribution >= 0.6 is 0 Å². The van der Waals surface area contributed by atoms with Gasteiger partial charge in [0.2, 0.25) is 5.91 Å². The van der Waals surface area contributed by atoms with E-state index in [-0.39, 0.29) is 30.0 Å². The number of rotatable bonds is 7. The van der Waals surface area contributed by atoms with Gasteiger partial charge in [-0.1, -0.05) is 13.3 Å². The number of H-pyrrole nitrogens is 1. The second-order valence-corrected chi connectivity index (χ2v) is 10.7. The molecule has 4 heterocycles. The van der Waals surface area contributed by atoms with Crippen molar-refractivity contribution in [2.45, 2.75) is 72.9 Å². The Morgan fingerprint density at radius 3 is 2.64 bits per heavy atom. The molecule has 0 atom stereocenters. The predicted octanol–water partition coefficient (Wildman–Crippen LogP) is 5.36. The maximum Gasteiger partial charge on any atom is 0.253 e. The molecule has 0 saturated carbocycles. The molecule has 3 aromatic heterocycles. The first-order valence-corrected chi connectivity index (χ1v) is 13.6. The number of aromatic amines is 1. The van der Waals surface area contributed by atoms with Gasteiger partial charge in [-0.3, -0.25) is 14.4 Å². The Hall–Kier alpha value is -4.20. The number of aryl methyl sites for hydroxylation is 4. The number of aromatic nitrogens is 3. The molecule has 0 aliphatic carbocycles. The molecular formula is C31H35N5O3. The normalized spacial score (nSPS) is 13.0. The van der Waals surface area contributed by atoms with Crippen molar-refractivity contribution in [3.05, 3.63) is 80.5 Å². The van der Waals surface area contributed by atoms with Crippen LogP contribution in [0.25, 0.3) is 22.0 Å². The van der Waals surface area contributed by atoms with Crippen molar-refractivity contribution in [3.8, 4) is 11.1 Å². The van der Waals surface area contributed by atoms with E-state index in [9.17, 15) is 14.4 Å². The molecule has 1 aromatic carbocycles. The van der Waals surface area contributed by atoms with E-state index < -0.39 is 0 Å². The van der Waals surface area contributed by atoms with Gasteiger partial charge in [0.15, 0.2) is 0 Å². The molecule has 0 spiro atoms. The highest BCUT2D eigenvalue weighted by atomic mass is 16.2. The molecular weight excluding hydrogens is 490 g/mol. The molecule has 39 heavy (non-hydrogen) atoms. The number of carbonyl (C=O) groups excluding carboxylic acids is 2. The molecule has 0 radical (unpaired) electrons. The van der Waals surface area contributed by atoms with Crippen molar-refractivity contribution in [1.82, 2.24) is 19.9 Å². The summed E-state index contributed by atoms with van der Waals surface area (Å²) in [5.41, 5.74) is 7.51. The van der Waals surface area contributed by atoms with E-state index in [0.29, 0.717) is 29.8 Å². The third-order valence-electron chi connectivity index (χ3n) is 7.41. The van der Waals surface area contributed by atoms with Gasteiger partial charge in [-0.05, 0) is 87.1 Å². The molecule has 0 saturated heterocycles. The van der Waals surface area contributed by atoms with E-state index in [1.54, 1.807) is 6.20 Å². The Balaban J connectivity index is 1.57. The van der Waals surface area contributed by atoms with Crippen LogP contribution in [0.15, 0.2) is 41.5 Å². The Labute approximate surface area is 227 Å². The quantitative estimate of drug-likeness (QED) is 0.302. The van der Waals surface area contributed by atoms with Crippen LogP contribution in [0.5, 0.6) is 0 Å². The lowest BCUT2D eigenvalue weighted by Gasteiger charge is -2.17. The van der Waals surface area contributed by atoms with Gasteiger partial charge >= 0.3 is 0 Å². The van der Waals surface area contributed by atoms with E-state index >= 15 is 0 Å². The lowest BCUT2D eigenvalue weighted by atomic mass is 9.96. The molecule has 0 unspecified atom stereocenters. The van der Waals surface area contributed by atoms with E-state index in [1.165, 1.54) is 0 Å². The van der Waals surface area contributed by atoms with Crippen molar-refractivity contribution in [2.24, 2.45) is 0 Å². The monoisotopic (exact) mass is 525 g/mol. The summed E-state index contributed by atoms with van der Waals surface area (Å²) in [4.78, 5) is 45.7. The van der Waals surface area contributed by atoms with Crippen LogP contribution in [-0.2, 0) is 24.2 Å². The van der Waals surface area contributed by atoms with E-state index in [4.69, 9.17) is 0 Å². The topological polar surface area (TPSA) is 109 Å². The number of nitrogens with one attached hydrogen (secondary N) is 3. The standard InChI is InChI=1S/C31H35N5O3/c1-6-7-20-10-19(5)34-31(39)25(20)15-33-30(38)24-12-22(13-26-28(24)18(4)16-36(26)17(2)3)23-11-21-8-9-27(37)35-29(21)32-14-23/h10-14,16-17H,6-9,15H2,1-5H3,(H,33,38)(H,34,39)(H,32,35,37). The first-order chi connectivity index (χ1) is 18.7. The molecule has 0 bridgehead atoms. The van der Waals surface area contributed by atoms with Gasteiger partial charge in [0.1, 0.15) is 5.82 Å². The zero-order chi connectivity index (χ0) is 27.8. The molecule has 8 nitrogen and oxygen atoms in total. The van der Waals surface area contributed by atoms with Crippen LogP contribution in [0, 0.1) is 13.8 Å². The number of carbonyl (C=O) groups is 2. The zero-order valence-electron chi connectivity index (χ0n) is 23.2. The summed E-state index contributed by atoms with van der Waals surface area (Å²) >= 11 is 0. The summed E-state index contributed by atoms with van der Waals surface area (Å²) in [6, 6.07) is 8.25. The Morgan fingerprint density at radius 1 is 1.10 bits per heavy atom. The van der Waals surface area contributed by atoms with Crippen molar-refractivity contribution in [1.29, 1.82) is 0 Å². The highest BCUT2D eigenvalue weighted by molar-refractivity contribution is 6.09. The first kappa shape index (κ1) is 26.4. The van der Waals surface area contributed by atoms with Gasteiger partial charge in [0.25, 0.3) is 11.5 Å². The van der Waals surface area contributed by atoms with Crippen LogP contribution in [0.2, 0.25) is 0 Å². The zero-order valence-corrected chi connectivity index (χ0v) is 23.2. The fourth-order valence-corrected chi connectivity index (χ4v) is 5.51. The predicted molar refractivity (Wildman–Crippen MR) is 154 cm³/mol. The Bertz CT molecular complexity index is 1660. The summed E-state index contributed by atoms with van der Waals surface area (Å²) in [7, 11) is 0. The molecule has 1 aliphatic heterocycles. The van der Waals surface area contributed by atoms with Crippen molar-refractivity contribution < 1.29 is 9.59 Å². The number of fused-ring (bicyclic) bond motifs is 2. The van der Waals surface area contributed by atoms with Gasteiger partial charge in [-0.25, -0.2) is 4.98 Å². The molecule has 8 heteroatoms. The van der Waals surface area contributed by atoms with Crippen molar-refractivity contribution in [3.63, 3.8) is 0 Å². The van der Waals surface area contributed by atoms with Crippen LogP contribution in [0.3, 0.4) is 0 Å². The summed E-state index contributed by atoms with van der Waals surface area (Å²) in [6.07, 6.45) is 6.57. The first-order valence-electron chi connectivity index (χ1n) is 13.6. The molecule has 202 valence electrons.